The molecule has 2 N–H and O–H groups in total. The lowest BCUT2D eigenvalue weighted by Crippen LogP contribution is -2.14. The first kappa shape index (κ1) is 14.9. The molecule has 1 amide bonds. The molecule has 0 aliphatic heterocycles. The molecule has 0 radical (unpaired) electrons. The van der Waals surface area contributed by atoms with Crippen molar-refractivity contribution in [2.24, 2.45) is 0 Å². The summed E-state index contributed by atoms with van der Waals surface area (Å²) in [6, 6.07) is 19.9. The number of para-hydroxylation sites is 1. The van der Waals surface area contributed by atoms with Crippen LogP contribution in [0, 0.1) is 0 Å². The molecule has 23 heavy (non-hydrogen) atoms. The van der Waals surface area contributed by atoms with Crippen LogP contribution < -0.4 is 5.32 Å². The Hall–Kier alpha value is -2.98. The van der Waals surface area contributed by atoms with Gasteiger partial charge in [-0.2, -0.15) is 0 Å². The van der Waals surface area contributed by atoms with Crippen molar-refractivity contribution in [3.8, 4) is 0 Å². The number of carbonyl (C=O) groups excluding carboxylic acids is 1. The summed E-state index contributed by atoms with van der Waals surface area (Å²) >= 11 is 0. The minimum absolute atomic E-state index is 0.236. The second-order valence-corrected chi connectivity index (χ2v) is 5.09. The highest BCUT2D eigenvalue weighted by Gasteiger charge is 2.16. The number of hydrogen-bond acceptors (Lipinski definition) is 3. The summed E-state index contributed by atoms with van der Waals surface area (Å²) in [6.07, 6.45) is 2.34. The van der Waals surface area contributed by atoms with Crippen molar-refractivity contribution < 1.29 is 9.90 Å². The van der Waals surface area contributed by atoms with Crippen molar-refractivity contribution in [3.63, 3.8) is 0 Å². The number of pyridine rings is 1. The molecular formula is C19H16N2O2. The lowest BCUT2D eigenvalue weighted by atomic mass is 10.00. The summed E-state index contributed by atoms with van der Waals surface area (Å²) < 4.78 is 0. The molecule has 0 saturated carbocycles. The Morgan fingerprint density at radius 3 is 2.30 bits per heavy atom. The maximum absolute atomic E-state index is 12.3. The Balaban J connectivity index is 1.88. The quantitative estimate of drug-likeness (QED) is 0.776. The van der Waals surface area contributed by atoms with E-state index in [2.05, 4.69) is 10.3 Å². The number of aromatic nitrogens is 1. The van der Waals surface area contributed by atoms with E-state index in [4.69, 9.17) is 0 Å². The molecular weight excluding hydrogens is 288 g/mol. The van der Waals surface area contributed by atoms with Gasteiger partial charge in [-0.1, -0.05) is 48.5 Å². The number of anilines is 1. The SMILES string of the molecule is O=C(Nc1ccccc1C(O)c1ccccc1)c1ccncc1. The highest BCUT2D eigenvalue weighted by atomic mass is 16.3. The monoisotopic (exact) mass is 304 g/mol. The van der Waals surface area contributed by atoms with E-state index in [0.29, 0.717) is 16.8 Å². The molecule has 4 heteroatoms. The molecule has 114 valence electrons. The standard InChI is InChI=1S/C19H16N2O2/c22-18(14-6-2-1-3-7-14)16-8-4-5-9-17(16)21-19(23)15-10-12-20-13-11-15/h1-13,18,22H,(H,21,23). The van der Waals surface area contributed by atoms with E-state index in [9.17, 15) is 9.90 Å². The Bertz CT molecular complexity index is 789. The van der Waals surface area contributed by atoms with Crippen LogP contribution in [0.15, 0.2) is 79.1 Å². The van der Waals surface area contributed by atoms with E-state index < -0.39 is 6.10 Å². The van der Waals surface area contributed by atoms with E-state index in [0.717, 1.165) is 5.56 Å². The summed E-state index contributed by atoms with van der Waals surface area (Å²) in [5, 5.41) is 13.4. The number of nitrogens with one attached hydrogen (secondary N) is 1. The maximum Gasteiger partial charge on any atom is 0.255 e. The van der Waals surface area contributed by atoms with Crippen LogP contribution in [0.5, 0.6) is 0 Å². The minimum Gasteiger partial charge on any atom is -0.384 e. The van der Waals surface area contributed by atoms with Gasteiger partial charge in [-0.25, -0.2) is 0 Å². The van der Waals surface area contributed by atoms with Crippen molar-refractivity contribution in [3.05, 3.63) is 95.8 Å². The number of aliphatic hydroxyl groups excluding tert-OH is 1. The Labute approximate surface area is 134 Å². The number of nitrogens with zero attached hydrogens (tertiary/aromatic N) is 1. The Morgan fingerprint density at radius 1 is 0.913 bits per heavy atom. The largest absolute Gasteiger partial charge is 0.384 e. The molecule has 3 rings (SSSR count). The fourth-order valence-corrected chi connectivity index (χ4v) is 2.36. The number of hydrogen-bond donors (Lipinski definition) is 2. The number of benzene rings is 2. The van der Waals surface area contributed by atoms with E-state index >= 15 is 0 Å². The zero-order valence-corrected chi connectivity index (χ0v) is 12.4. The van der Waals surface area contributed by atoms with Gasteiger partial charge in [-0.05, 0) is 23.8 Å². The Kier molecular flexibility index (Phi) is 4.45. The van der Waals surface area contributed by atoms with Gasteiger partial charge in [0.2, 0.25) is 0 Å². The van der Waals surface area contributed by atoms with Gasteiger partial charge in [0.25, 0.3) is 5.91 Å². The van der Waals surface area contributed by atoms with Gasteiger partial charge in [0.15, 0.2) is 0 Å². The summed E-state index contributed by atoms with van der Waals surface area (Å²) in [7, 11) is 0. The zero-order valence-electron chi connectivity index (χ0n) is 12.4. The molecule has 1 atom stereocenters. The van der Waals surface area contributed by atoms with Gasteiger partial charge in [-0.3, -0.25) is 9.78 Å². The predicted octanol–water partition coefficient (Wildman–Crippen LogP) is 3.42. The third kappa shape index (κ3) is 3.44. The van der Waals surface area contributed by atoms with Crippen molar-refractivity contribution in [2.75, 3.05) is 5.32 Å². The van der Waals surface area contributed by atoms with Gasteiger partial charge >= 0.3 is 0 Å². The third-order valence-electron chi connectivity index (χ3n) is 3.56. The van der Waals surface area contributed by atoms with Crippen molar-refractivity contribution in [1.82, 2.24) is 4.98 Å². The van der Waals surface area contributed by atoms with E-state index in [1.807, 2.05) is 42.5 Å². The molecule has 0 aliphatic carbocycles. The summed E-state index contributed by atoms with van der Waals surface area (Å²) in [4.78, 5) is 16.2. The lowest BCUT2D eigenvalue weighted by Gasteiger charge is -2.16. The molecule has 1 heterocycles. The number of carbonyl (C=O) groups is 1. The molecule has 0 spiro atoms. The molecule has 0 saturated heterocycles. The fraction of sp³-hybridized carbons (Fsp3) is 0.0526. The van der Waals surface area contributed by atoms with Crippen molar-refractivity contribution in [2.45, 2.75) is 6.10 Å². The van der Waals surface area contributed by atoms with Gasteiger partial charge < -0.3 is 10.4 Å². The van der Waals surface area contributed by atoms with E-state index in [1.54, 1.807) is 36.7 Å². The smallest absolute Gasteiger partial charge is 0.255 e. The molecule has 2 aromatic carbocycles. The van der Waals surface area contributed by atoms with Crippen LogP contribution in [-0.2, 0) is 0 Å². The van der Waals surface area contributed by atoms with Crippen molar-refractivity contribution >= 4 is 11.6 Å². The highest BCUT2D eigenvalue weighted by molar-refractivity contribution is 6.04. The zero-order chi connectivity index (χ0) is 16.1. The molecule has 0 fully saturated rings. The first-order chi connectivity index (χ1) is 11.3. The average Bonchev–Trinajstić information content (AvgIpc) is 2.63. The molecule has 4 nitrogen and oxygen atoms in total. The second kappa shape index (κ2) is 6.85. The van der Waals surface area contributed by atoms with Crippen molar-refractivity contribution in [1.29, 1.82) is 0 Å². The first-order valence-electron chi connectivity index (χ1n) is 7.29. The van der Waals surface area contributed by atoms with Crippen LogP contribution in [0.3, 0.4) is 0 Å². The topological polar surface area (TPSA) is 62.2 Å². The van der Waals surface area contributed by atoms with Gasteiger partial charge in [0.05, 0.1) is 0 Å². The van der Waals surface area contributed by atoms with Crippen LogP contribution in [0.4, 0.5) is 5.69 Å². The van der Waals surface area contributed by atoms with Crippen LogP contribution in [0.1, 0.15) is 27.6 Å². The van der Waals surface area contributed by atoms with Gasteiger partial charge in [-0.15, -0.1) is 0 Å². The Morgan fingerprint density at radius 2 is 1.57 bits per heavy atom. The third-order valence-corrected chi connectivity index (χ3v) is 3.56. The molecule has 0 aliphatic rings. The number of amides is 1. The normalized spacial score (nSPS) is 11.7. The maximum atomic E-state index is 12.3. The molecule has 1 aromatic heterocycles. The average molecular weight is 304 g/mol. The van der Waals surface area contributed by atoms with E-state index in [1.165, 1.54) is 0 Å². The van der Waals surface area contributed by atoms with E-state index in [-0.39, 0.29) is 5.91 Å². The summed E-state index contributed by atoms with van der Waals surface area (Å²) in [5.74, 6) is -0.236. The van der Waals surface area contributed by atoms with Crippen LogP contribution in [0.25, 0.3) is 0 Å². The van der Waals surface area contributed by atoms with Crippen LogP contribution in [0.2, 0.25) is 0 Å². The fourth-order valence-electron chi connectivity index (χ4n) is 2.36. The highest BCUT2D eigenvalue weighted by Crippen LogP contribution is 2.28. The van der Waals surface area contributed by atoms with Gasteiger partial charge in [0.1, 0.15) is 6.10 Å². The predicted molar refractivity (Wildman–Crippen MR) is 89.1 cm³/mol. The minimum atomic E-state index is -0.801. The first-order valence-corrected chi connectivity index (χ1v) is 7.29. The molecule has 0 bridgehead atoms. The lowest BCUT2D eigenvalue weighted by molar-refractivity contribution is 0.102. The molecule has 1 unspecified atom stereocenters. The molecule has 3 aromatic rings. The number of aliphatic hydroxyl groups is 1. The number of rotatable bonds is 4. The van der Waals surface area contributed by atoms with Crippen LogP contribution in [-0.4, -0.2) is 16.0 Å². The summed E-state index contributed by atoms with van der Waals surface area (Å²) in [5.41, 5.74) is 2.54. The second-order valence-electron chi connectivity index (χ2n) is 5.09. The van der Waals surface area contributed by atoms with Gasteiger partial charge in [0, 0.05) is 29.2 Å². The van der Waals surface area contributed by atoms with Crippen LogP contribution >= 0.6 is 0 Å². The summed E-state index contributed by atoms with van der Waals surface area (Å²) in [6.45, 7) is 0.